The Labute approximate surface area is 145 Å². The van der Waals surface area contributed by atoms with Crippen molar-refractivity contribution in [2.24, 2.45) is 0 Å². The van der Waals surface area contributed by atoms with Crippen LogP contribution in [0.25, 0.3) is 0 Å². The topological polar surface area (TPSA) is 134 Å². The minimum absolute atomic E-state index is 0.214. The predicted molar refractivity (Wildman–Crippen MR) is 82.0 cm³/mol. The fraction of sp³-hybridized carbons (Fsp3) is 0.667. The van der Waals surface area contributed by atoms with Crippen molar-refractivity contribution in [1.29, 1.82) is 0 Å². The predicted octanol–water partition coefficient (Wildman–Crippen LogP) is -0.519. The number of nitrogens with one attached hydrogen (secondary N) is 1. The molecule has 0 unspecified atom stereocenters. The number of esters is 4. The zero-order valence-corrected chi connectivity index (χ0v) is 14.8. The Morgan fingerprint density at radius 3 is 1.72 bits per heavy atom. The largest absolute Gasteiger partial charge is 0.462 e. The van der Waals surface area contributed by atoms with Gasteiger partial charge in [0.1, 0.15) is 6.61 Å². The minimum atomic E-state index is -1.60. The molecule has 0 aliphatic heterocycles. The van der Waals surface area contributed by atoms with Gasteiger partial charge in [-0.15, -0.1) is 0 Å². The monoisotopic (exact) mass is 361 g/mol. The van der Waals surface area contributed by atoms with E-state index in [4.69, 9.17) is 18.9 Å². The molecule has 0 rings (SSSR count). The normalized spacial score (nSPS) is 13.6. The Hall–Kier alpha value is -2.65. The van der Waals surface area contributed by atoms with Crippen molar-refractivity contribution < 1.29 is 42.9 Å². The average Bonchev–Trinajstić information content (AvgIpc) is 2.46. The molecule has 0 aromatic rings. The molecule has 0 bridgehead atoms. The van der Waals surface area contributed by atoms with Gasteiger partial charge >= 0.3 is 23.9 Å². The van der Waals surface area contributed by atoms with E-state index < -0.39 is 54.7 Å². The van der Waals surface area contributed by atoms with Crippen LogP contribution >= 0.6 is 0 Å². The molecule has 0 radical (unpaired) electrons. The lowest BCUT2D eigenvalue weighted by Crippen LogP contribution is -2.53. The summed E-state index contributed by atoms with van der Waals surface area (Å²) in [6, 6.07) is 0. The molecule has 0 heterocycles. The summed E-state index contributed by atoms with van der Waals surface area (Å²) in [6.45, 7) is 5.68. The molecule has 3 atom stereocenters. The van der Waals surface area contributed by atoms with Crippen LogP contribution in [0.4, 0.5) is 0 Å². The van der Waals surface area contributed by atoms with Gasteiger partial charge in [0.15, 0.2) is 12.2 Å². The maximum atomic E-state index is 12.2. The van der Waals surface area contributed by atoms with E-state index in [2.05, 4.69) is 5.32 Å². The molecule has 142 valence electrons. The van der Waals surface area contributed by atoms with Crippen LogP contribution in [0, 0.1) is 0 Å². The molecular formula is C15H23NO9. The number of carbonyl (C=O) groups excluding carboxylic acids is 5. The van der Waals surface area contributed by atoms with E-state index in [1.807, 2.05) is 0 Å². The summed E-state index contributed by atoms with van der Waals surface area (Å²) in [5.74, 6) is -3.84. The summed E-state index contributed by atoms with van der Waals surface area (Å²) in [5.41, 5.74) is 0. The second kappa shape index (κ2) is 11.0. The average molecular weight is 361 g/mol. The summed E-state index contributed by atoms with van der Waals surface area (Å²) in [7, 11) is 0. The molecule has 25 heavy (non-hydrogen) atoms. The van der Waals surface area contributed by atoms with Crippen LogP contribution in [-0.4, -0.2) is 61.2 Å². The Balaban J connectivity index is 5.73. The van der Waals surface area contributed by atoms with Crippen LogP contribution in [0.15, 0.2) is 0 Å². The van der Waals surface area contributed by atoms with Gasteiger partial charge < -0.3 is 24.3 Å². The molecule has 0 saturated heterocycles. The first-order chi connectivity index (χ1) is 11.6. The van der Waals surface area contributed by atoms with E-state index in [1.54, 1.807) is 6.92 Å². The van der Waals surface area contributed by atoms with Crippen molar-refractivity contribution >= 4 is 29.8 Å². The first-order valence-corrected chi connectivity index (χ1v) is 7.51. The first-order valence-electron chi connectivity index (χ1n) is 7.51. The van der Waals surface area contributed by atoms with Crippen LogP contribution in [0.1, 0.15) is 34.6 Å². The highest BCUT2D eigenvalue weighted by molar-refractivity contribution is 5.84. The van der Waals surface area contributed by atoms with Gasteiger partial charge in [-0.3, -0.25) is 24.0 Å². The van der Waals surface area contributed by atoms with Gasteiger partial charge in [0.25, 0.3) is 5.91 Å². The maximum absolute atomic E-state index is 12.2. The Morgan fingerprint density at radius 1 is 0.800 bits per heavy atom. The minimum Gasteiger partial charge on any atom is -0.462 e. The highest BCUT2D eigenvalue weighted by Gasteiger charge is 2.42. The van der Waals surface area contributed by atoms with E-state index in [0.717, 1.165) is 27.7 Å². The molecule has 0 aliphatic carbocycles. The summed E-state index contributed by atoms with van der Waals surface area (Å²) >= 11 is 0. The van der Waals surface area contributed by atoms with E-state index in [9.17, 15) is 24.0 Å². The van der Waals surface area contributed by atoms with Crippen molar-refractivity contribution in [2.45, 2.75) is 52.9 Å². The molecule has 10 nitrogen and oxygen atoms in total. The van der Waals surface area contributed by atoms with Crippen molar-refractivity contribution in [3.05, 3.63) is 0 Å². The molecule has 1 amide bonds. The quantitative estimate of drug-likeness (QED) is 0.425. The van der Waals surface area contributed by atoms with E-state index in [-0.39, 0.29) is 6.54 Å². The third kappa shape index (κ3) is 9.28. The van der Waals surface area contributed by atoms with Crippen LogP contribution < -0.4 is 5.32 Å². The lowest BCUT2D eigenvalue weighted by Gasteiger charge is -2.30. The standard InChI is InChI=1S/C15H23NO9/c1-6-16-15(21)14(25-11(5)20)13(24-10(4)19)12(23-9(3)18)7-22-8(2)17/h12-14H,6-7H2,1-5H3,(H,16,21)/t12-,13+,14-/m1/s1. The molecule has 1 N–H and O–H groups in total. The molecule has 0 aromatic carbocycles. The number of carbonyl (C=O) groups is 5. The highest BCUT2D eigenvalue weighted by Crippen LogP contribution is 2.15. The number of hydrogen-bond donors (Lipinski definition) is 1. The van der Waals surface area contributed by atoms with Crippen LogP contribution in [0.3, 0.4) is 0 Å². The highest BCUT2D eigenvalue weighted by atomic mass is 16.6. The van der Waals surface area contributed by atoms with Crippen molar-refractivity contribution in [2.75, 3.05) is 13.2 Å². The summed E-state index contributed by atoms with van der Waals surface area (Å²) in [4.78, 5) is 57.3. The third-order valence-corrected chi connectivity index (χ3v) is 2.64. The second-order valence-corrected chi connectivity index (χ2v) is 4.95. The number of amides is 1. The molecule has 0 aliphatic rings. The van der Waals surface area contributed by atoms with Crippen LogP contribution in [-0.2, 0) is 42.9 Å². The van der Waals surface area contributed by atoms with Gasteiger partial charge in [-0.05, 0) is 6.92 Å². The van der Waals surface area contributed by atoms with E-state index in [0.29, 0.717) is 0 Å². The summed E-state index contributed by atoms with van der Waals surface area (Å²) in [6.07, 6.45) is -4.45. The Kier molecular flexibility index (Phi) is 9.83. The SMILES string of the molecule is CCNC(=O)[C@H](OC(C)=O)[C@@H](OC(C)=O)[C@@H](COC(C)=O)OC(C)=O. The van der Waals surface area contributed by atoms with Gasteiger partial charge in [0.05, 0.1) is 0 Å². The Morgan fingerprint density at radius 2 is 1.32 bits per heavy atom. The number of hydrogen-bond acceptors (Lipinski definition) is 9. The number of ether oxygens (including phenoxy) is 4. The lowest BCUT2D eigenvalue weighted by atomic mass is 10.1. The fourth-order valence-electron chi connectivity index (χ4n) is 1.86. The summed E-state index contributed by atoms with van der Waals surface area (Å²) < 4.78 is 19.7. The van der Waals surface area contributed by atoms with E-state index >= 15 is 0 Å². The summed E-state index contributed by atoms with van der Waals surface area (Å²) in [5, 5.41) is 2.42. The maximum Gasteiger partial charge on any atom is 0.303 e. The van der Waals surface area contributed by atoms with Crippen LogP contribution in [0.2, 0.25) is 0 Å². The Bertz CT molecular complexity index is 517. The lowest BCUT2D eigenvalue weighted by molar-refractivity contribution is -0.191. The third-order valence-electron chi connectivity index (χ3n) is 2.64. The zero-order valence-electron chi connectivity index (χ0n) is 14.8. The molecule has 10 heteroatoms. The van der Waals surface area contributed by atoms with Gasteiger partial charge in [0.2, 0.25) is 6.10 Å². The molecule has 0 fully saturated rings. The molecule has 0 spiro atoms. The number of rotatable bonds is 9. The van der Waals surface area contributed by atoms with Gasteiger partial charge in [-0.1, -0.05) is 0 Å². The van der Waals surface area contributed by atoms with Gasteiger partial charge in [-0.25, -0.2) is 0 Å². The van der Waals surface area contributed by atoms with Gasteiger partial charge in [-0.2, -0.15) is 0 Å². The smallest absolute Gasteiger partial charge is 0.303 e. The van der Waals surface area contributed by atoms with E-state index in [1.165, 1.54) is 0 Å². The fourth-order valence-corrected chi connectivity index (χ4v) is 1.86. The molecular weight excluding hydrogens is 338 g/mol. The zero-order chi connectivity index (χ0) is 19.6. The van der Waals surface area contributed by atoms with Gasteiger partial charge in [0, 0.05) is 34.2 Å². The van der Waals surface area contributed by atoms with Crippen molar-refractivity contribution in [1.82, 2.24) is 5.32 Å². The van der Waals surface area contributed by atoms with Crippen molar-refractivity contribution in [3.8, 4) is 0 Å². The molecule has 0 aromatic heterocycles. The second-order valence-electron chi connectivity index (χ2n) is 4.95. The van der Waals surface area contributed by atoms with Crippen LogP contribution in [0.5, 0.6) is 0 Å². The molecule has 0 saturated carbocycles. The van der Waals surface area contributed by atoms with Crippen molar-refractivity contribution in [3.63, 3.8) is 0 Å². The first kappa shape index (κ1) is 22.4. The number of likely N-dealkylation sites (N-methyl/N-ethyl adjacent to an activating group) is 1.